The van der Waals surface area contributed by atoms with Gasteiger partial charge in [-0.25, -0.2) is 0 Å². The third-order valence-corrected chi connectivity index (χ3v) is 3.92. The van der Waals surface area contributed by atoms with Gasteiger partial charge in [-0.15, -0.1) is 0 Å². The van der Waals surface area contributed by atoms with Gasteiger partial charge in [0.1, 0.15) is 6.61 Å². The van der Waals surface area contributed by atoms with E-state index in [1.807, 2.05) is 29.6 Å². The van der Waals surface area contributed by atoms with Crippen LogP contribution in [0.5, 0.6) is 0 Å². The van der Waals surface area contributed by atoms with E-state index in [2.05, 4.69) is 21.2 Å². The highest BCUT2D eigenvalue weighted by atomic mass is 79.9. The minimum atomic E-state index is -0.330. The number of hydrogen-bond acceptors (Lipinski definition) is 4. The maximum Gasteiger partial charge on any atom is 0.307 e. The first-order valence-electron chi connectivity index (χ1n) is 6.35. The minimum absolute atomic E-state index is 0.159. The topological polar surface area (TPSA) is 55.4 Å². The Morgan fingerprint density at radius 1 is 1.19 bits per heavy atom. The van der Waals surface area contributed by atoms with Crippen molar-refractivity contribution >= 4 is 39.1 Å². The number of thiophene rings is 1. The Labute approximate surface area is 135 Å². The van der Waals surface area contributed by atoms with E-state index in [4.69, 9.17) is 4.74 Å². The number of carbonyl (C=O) groups excluding carboxylic acids is 2. The van der Waals surface area contributed by atoms with Crippen LogP contribution in [-0.4, -0.2) is 18.4 Å². The second kappa shape index (κ2) is 7.95. The fourth-order valence-electron chi connectivity index (χ4n) is 1.59. The van der Waals surface area contributed by atoms with E-state index in [9.17, 15) is 9.59 Å². The molecule has 2 aromatic rings. The van der Waals surface area contributed by atoms with Crippen LogP contribution < -0.4 is 5.32 Å². The maximum atomic E-state index is 11.6. The van der Waals surface area contributed by atoms with Crippen LogP contribution in [0.1, 0.15) is 22.3 Å². The molecular formula is C15H14BrNO3S. The number of ether oxygens (including phenoxy) is 1. The molecule has 1 heterocycles. The number of carbonyl (C=O) groups is 2. The second-order valence-electron chi connectivity index (χ2n) is 4.31. The lowest BCUT2D eigenvalue weighted by atomic mass is 10.2. The molecule has 0 spiro atoms. The number of hydrogen-bond donors (Lipinski definition) is 1. The van der Waals surface area contributed by atoms with Gasteiger partial charge < -0.3 is 10.1 Å². The molecule has 0 bridgehead atoms. The number of esters is 1. The highest BCUT2D eigenvalue weighted by Gasteiger charge is 2.07. The third-order valence-electron chi connectivity index (χ3n) is 2.71. The molecule has 1 N–H and O–H groups in total. The molecule has 4 nitrogen and oxygen atoms in total. The van der Waals surface area contributed by atoms with E-state index < -0.39 is 0 Å². The molecule has 0 saturated heterocycles. The van der Waals surface area contributed by atoms with E-state index in [-0.39, 0.29) is 31.4 Å². The summed E-state index contributed by atoms with van der Waals surface area (Å²) in [6, 6.07) is 9.30. The monoisotopic (exact) mass is 367 g/mol. The van der Waals surface area contributed by atoms with Gasteiger partial charge in [0, 0.05) is 22.0 Å². The van der Waals surface area contributed by atoms with E-state index in [1.165, 1.54) is 11.3 Å². The molecule has 1 aromatic carbocycles. The molecule has 0 saturated carbocycles. The number of nitrogens with one attached hydrogen (secondary N) is 1. The predicted octanol–water partition coefficient (Wildman–Crippen LogP) is 3.37. The molecule has 0 aliphatic heterocycles. The molecule has 2 rings (SSSR count). The van der Waals surface area contributed by atoms with Crippen molar-refractivity contribution in [3.05, 3.63) is 56.7 Å². The van der Waals surface area contributed by atoms with Crippen molar-refractivity contribution in [3.8, 4) is 0 Å². The average molecular weight is 368 g/mol. The fourth-order valence-corrected chi connectivity index (χ4v) is 2.49. The molecule has 0 unspecified atom stereocenters. The van der Waals surface area contributed by atoms with Gasteiger partial charge in [0.05, 0.1) is 6.42 Å². The van der Waals surface area contributed by atoms with Gasteiger partial charge in [-0.2, -0.15) is 11.3 Å². The molecular weight excluding hydrogens is 354 g/mol. The summed E-state index contributed by atoms with van der Waals surface area (Å²) in [4.78, 5) is 23.2. The molecule has 0 aliphatic carbocycles. The Balaban J connectivity index is 1.66. The summed E-state index contributed by atoms with van der Waals surface area (Å²) < 4.78 is 6.12. The smallest absolute Gasteiger partial charge is 0.307 e. The predicted molar refractivity (Wildman–Crippen MR) is 85.2 cm³/mol. The summed E-state index contributed by atoms with van der Waals surface area (Å²) in [5.41, 5.74) is 1.54. The zero-order valence-corrected chi connectivity index (χ0v) is 13.6. The van der Waals surface area contributed by atoms with Crippen LogP contribution in [0.2, 0.25) is 0 Å². The summed E-state index contributed by atoms with van der Waals surface area (Å²) in [5.74, 6) is -0.500. The Bertz CT molecular complexity index is 596. The molecule has 0 atom stereocenters. The SMILES string of the molecule is O=C(CCNC(=O)c1ccsc1)OCc1ccc(Br)cc1. The minimum Gasteiger partial charge on any atom is -0.461 e. The van der Waals surface area contributed by atoms with Crippen LogP contribution in [0.15, 0.2) is 45.6 Å². The van der Waals surface area contributed by atoms with Crippen LogP contribution >= 0.6 is 27.3 Å². The van der Waals surface area contributed by atoms with Crippen LogP contribution in [0, 0.1) is 0 Å². The molecule has 110 valence electrons. The zero-order valence-electron chi connectivity index (χ0n) is 11.2. The van der Waals surface area contributed by atoms with Crippen LogP contribution in [0.3, 0.4) is 0 Å². The van der Waals surface area contributed by atoms with Crippen molar-refractivity contribution in [2.75, 3.05) is 6.54 Å². The first-order chi connectivity index (χ1) is 10.1. The Hall–Kier alpha value is -1.66. The molecule has 21 heavy (non-hydrogen) atoms. The van der Waals surface area contributed by atoms with Crippen LogP contribution in [0.25, 0.3) is 0 Å². The number of halogens is 1. The summed E-state index contributed by atoms with van der Waals surface area (Å²) in [6.07, 6.45) is 0.159. The second-order valence-corrected chi connectivity index (χ2v) is 6.00. The quantitative estimate of drug-likeness (QED) is 0.796. The van der Waals surface area contributed by atoms with Crippen molar-refractivity contribution in [1.29, 1.82) is 0 Å². The molecule has 1 aromatic heterocycles. The van der Waals surface area contributed by atoms with E-state index >= 15 is 0 Å². The van der Waals surface area contributed by atoms with E-state index in [0.29, 0.717) is 5.56 Å². The largest absolute Gasteiger partial charge is 0.461 e. The summed E-state index contributed by atoms with van der Waals surface area (Å²) in [5, 5.41) is 6.28. The lowest BCUT2D eigenvalue weighted by Crippen LogP contribution is -2.26. The van der Waals surface area contributed by atoms with E-state index in [0.717, 1.165) is 10.0 Å². The standard InChI is InChI=1S/C15H14BrNO3S/c16-13-3-1-11(2-4-13)9-20-14(18)5-7-17-15(19)12-6-8-21-10-12/h1-4,6,8,10H,5,7,9H2,(H,17,19). The number of benzene rings is 1. The molecule has 1 amide bonds. The Morgan fingerprint density at radius 2 is 1.95 bits per heavy atom. The van der Waals surface area contributed by atoms with Gasteiger partial charge in [0.25, 0.3) is 5.91 Å². The van der Waals surface area contributed by atoms with Crippen LogP contribution in [-0.2, 0) is 16.1 Å². The lowest BCUT2D eigenvalue weighted by Gasteiger charge is -2.06. The third kappa shape index (κ3) is 5.32. The molecule has 0 aliphatic rings. The lowest BCUT2D eigenvalue weighted by molar-refractivity contribution is -0.144. The van der Waals surface area contributed by atoms with Gasteiger partial charge in [-0.1, -0.05) is 28.1 Å². The molecule has 0 radical (unpaired) electrons. The van der Waals surface area contributed by atoms with Crippen molar-refractivity contribution < 1.29 is 14.3 Å². The van der Waals surface area contributed by atoms with Crippen molar-refractivity contribution in [2.45, 2.75) is 13.0 Å². The van der Waals surface area contributed by atoms with Gasteiger partial charge in [-0.05, 0) is 29.1 Å². The summed E-state index contributed by atoms with van der Waals surface area (Å²) in [7, 11) is 0. The first kappa shape index (κ1) is 15.7. The van der Waals surface area contributed by atoms with Crippen molar-refractivity contribution in [2.24, 2.45) is 0 Å². The van der Waals surface area contributed by atoms with Crippen molar-refractivity contribution in [1.82, 2.24) is 5.32 Å². The van der Waals surface area contributed by atoms with E-state index in [1.54, 1.807) is 11.4 Å². The van der Waals surface area contributed by atoms with Gasteiger partial charge in [0.15, 0.2) is 0 Å². The Morgan fingerprint density at radius 3 is 2.62 bits per heavy atom. The molecule has 6 heteroatoms. The zero-order chi connectivity index (χ0) is 15.1. The van der Waals surface area contributed by atoms with Gasteiger partial charge in [-0.3, -0.25) is 9.59 Å². The average Bonchev–Trinajstić information content (AvgIpc) is 3.01. The normalized spacial score (nSPS) is 10.1. The van der Waals surface area contributed by atoms with Crippen molar-refractivity contribution in [3.63, 3.8) is 0 Å². The van der Waals surface area contributed by atoms with Gasteiger partial charge >= 0.3 is 5.97 Å². The Kier molecular flexibility index (Phi) is 5.95. The van der Waals surface area contributed by atoms with Gasteiger partial charge in [0.2, 0.25) is 0 Å². The fraction of sp³-hybridized carbons (Fsp3) is 0.200. The number of rotatable bonds is 6. The maximum absolute atomic E-state index is 11.6. The van der Waals surface area contributed by atoms with Crippen LogP contribution in [0.4, 0.5) is 0 Å². The molecule has 0 fully saturated rings. The summed E-state index contributed by atoms with van der Waals surface area (Å²) >= 11 is 4.80. The highest BCUT2D eigenvalue weighted by molar-refractivity contribution is 9.10. The number of amides is 1. The first-order valence-corrected chi connectivity index (χ1v) is 8.09. The summed E-state index contributed by atoms with van der Waals surface area (Å²) in [6.45, 7) is 0.512. The highest BCUT2D eigenvalue weighted by Crippen LogP contribution is 2.11.